The maximum absolute atomic E-state index is 12.3. The molecular weight excluding hydrogens is 380 g/mol. The number of carbonyl (C=O) groups excluding carboxylic acids is 3. The van der Waals surface area contributed by atoms with Gasteiger partial charge in [-0.05, 0) is 48.9 Å². The summed E-state index contributed by atoms with van der Waals surface area (Å²) in [5.74, 6) is 0.220. The van der Waals surface area contributed by atoms with Gasteiger partial charge in [-0.25, -0.2) is 0 Å². The molecule has 6 nitrogen and oxygen atoms in total. The number of rotatable bonds is 7. The topological polar surface area (TPSA) is 75.7 Å². The molecule has 2 aromatic carbocycles. The van der Waals surface area contributed by atoms with Crippen LogP contribution in [0.25, 0.3) is 0 Å². The van der Waals surface area contributed by atoms with Gasteiger partial charge in [-0.2, -0.15) is 0 Å². The van der Waals surface area contributed by atoms with Gasteiger partial charge in [-0.3, -0.25) is 14.4 Å². The van der Waals surface area contributed by atoms with Crippen LogP contribution in [0.15, 0.2) is 42.5 Å². The van der Waals surface area contributed by atoms with Gasteiger partial charge in [0.05, 0.1) is 12.8 Å². The van der Waals surface area contributed by atoms with Crippen LogP contribution in [0.4, 0.5) is 11.4 Å². The first kappa shape index (κ1) is 19.9. The molecule has 0 saturated carbocycles. The summed E-state index contributed by atoms with van der Waals surface area (Å²) in [5.41, 5.74) is 1.72. The lowest BCUT2D eigenvalue weighted by molar-refractivity contribution is -0.117. The van der Waals surface area contributed by atoms with Gasteiger partial charge in [-0.15, -0.1) is 0 Å². The second-order valence-corrected chi connectivity index (χ2v) is 6.95. The van der Waals surface area contributed by atoms with Crippen LogP contribution in [0.3, 0.4) is 0 Å². The van der Waals surface area contributed by atoms with Gasteiger partial charge in [0, 0.05) is 42.1 Å². The van der Waals surface area contributed by atoms with Crippen LogP contribution in [0.1, 0.15) is 36.0 Å². The predicted molar refractivity (Wildman–Crippen MR) is 108 cm³/mol. The number of anilines is 2. The molecule has 0 aromatic heterocycles. The van der Waals surface area contributed by atoms with E-state index in [0.717, 1.165) is 6.42 Å². The first-order valence-electron chi connectivity index (χ1n) is 9.05. The molecule has 2 amide bonds. The number of hydrogen-bond acceptors (Lipinski definition) is 4. The SMILES string of the molecule is COc1ccc(NC(=O)CCC(=O)c2ccc(Cl)cc2)cc1N1CCCC1=O. The van der Waals surface area contributed by atoms with Gasteiger partial charge in [0.1, 0.15) is 5.75 Å². The molecular formula is C21H21ClN2O4. The fourth-order valence-corrected chi connectivity index (χ4v) is 3.24. The predicted octanol–water partition coefficient (Wildman–Crippen LogP) is 4.08. The second kappa shape index (κ2) is 8.89. The van der Waals surface area contributed by atoms with Crippen molar-refractivity contribution in [3.8, 4) is 5.75 Å². The molecule has 0 spiro atoms. The Kier molecular flexibility index (Phi) is 6.31. The van der Waals surface area contributed by atoms with Gasteiger partial charge in [0.2, 0.25) is 11.8 Å². The summed E-state index contributed by atoms with van der Waals surface area (Å²) in [5, 5.41) is 3.34. The van der Waals surface area contributed by atoms with Crippen molar-refractivity contribution in [1.29, 1.82) is 0 Å². The smallest absolute Gasteiger partial charge is 0.227 e. The Morgan fingerprint density at radius 1 is 1.14 bits per heavy atom. The van der Waals surface area contributed by atoms with E-state index in [4.69, 9.17) is 16.3 Å². The number of ether oxygens (including phenoxy) is 1. The van der Waals surface area contributed by atoms with Crippen LogP contribution in [0.5, 0.6) is 5.75 Å². The van der Waals surface area contributed by atoms with E-state index >= 15 is 0 Å². The number of benzene rings is 2. The minimum absolute atomic E-state index is 0.0373. The average Bonchev–Trinajstić information content (AvgIpc) is 3.12. The molecule has 1 aliphatic heterocycles. The average molecular weight is 401 g/mol. The van der Waals surface area contributed by atoms with Crippen LogP contribution in [0, 0.1) is 0 Å². The molecule has 0 radical (unpaired) electrons. The molecule has 0 aliphatic carbocycles. The largest absolute Gasteiger partial charge is 0.495 e. The summed E-state index contributed by atoms with van der Waals surface area (Å²) >= 11 is 5.82. The third-order valence-corrected chi connectivity index (χ3v) is 4.82. The van der Waals surface area contributed by atoms with Crippen LogP contribution in [0.2, 0.25) is 5.02 Å². The summed E-state index contributed by atoms with van der Waals surface area (Å²) in [7, 11) is 1.54. The quantitative estimate of drug-likeness (QED) is 0.710. The van der Waals surface area contributed by atoms with E-state index in [1.807, 2.05) is 0 Å². The molecule has 2 aromatic rings. The van der Waals surface area contributed by atoms with Crippen molar-refractivity contribution in [2.45, 2.75) is 25.7 Å². The summed E-state index contributed by atoms with van der Waals surface area (Å²) in [6.45, 7) is 0.627. The van der Waals surface area contributed by atoms with Crippen molar-refractivity contribution >= 4 is 40.6 Å². The molecule has 1 aliphatic rings. The zero-order valence-electron chi connectivity index (χ0n) is 15.5. The van der Waals surface area contributed by atoms with Crippen molar-refractivity contribution in [3.05, 3.63) is 53.1 Å². The summed E-state index contributed by atoms with van der Waals surface area (Å²) < 4.78 is 5.34. The van der Waals surface area contributed by atoms with Crippen molar-refractivity contribution < 1.29 is 19.1 Å². The molecule has 7 heteroatoms. The molecule has 0 atom stereocenters. The van der Waals surface area contributed by atoms with Gasteiger partial charge in [0.25, 0.3) is 0 Å². The van der Waals surface area contributed by atoms with Crippen LogP contribution in [-0.4, -0.2) is 31.3 Å². The lowest BCUT2D eigenvalue weighted by Gasteiger charge is -2.20. The minimum atomic E-state index is -0.272. The summed E-state index contributed by atoms with van der Waals surface area (Å²) in [4.78, 5) is 38.1. The van der Waals surface area contributed by atoms with Crippen molar-refractivity contribution in [2.75, 3.05) is 23.9 Å². The Hall–Kier alpha value is -2.86. The number of methoxy groups -OCH3 is 1. The Morgan fingerprint density at radius 2 is 1.89 bits per heavy atom. The number of Topliss-reactive ketones (excluding diaryl/α,β-unsaturated/α-hetero) is 1. The Morgan fingerprint density at radius 3 is 2.54 bits per heavy atom. The molecule has 0 unspecified atom stereocenters. The highest BCUT2D eigenvalue weighted by Gasteiger charge is 2.25. The number of nitrogens with zero attached hydrogens (tertiary/aromatic N) is 1. The number of carbonyl (C=O) groups is 3. The normalized spacial score (nSPS) is 13.5. The molecule has 146 valence electrons. The summed E-state index contributed by atoms with van der Waals surface area (Å²) in [6.07, 6.45) is 1.46. The van der Waals surface area contributed by atoms with E-state index in [0.29, 0.717) is 40.7 Å². The molecule has 1 fully saturated rings. The number of halogens is 1. The Labute approximate surface area is 168 Å². The lowest BCUT2D eigenvalue weighted by Crippen LogP contribution is -2.24. The lowest BCUT2D eigenvalue weighted by atomic mass is 10.1. The van der Waals surface area contributed by atoms with Gasteiger partial charge >= 0.3 is 0 Å². The minimum Gasteiger partial charge on any atom is -0.495 e. The molecule has 28 heavy (non-hydrogen) atoms. The molecule has 3 rings (SSSR count). The highest BCUT2D eigenvalue weighted by Crippen LogP contribution is 2.34. The van der Waals surface area contributed by atoms with Crippen molar-refractivity contribution in [1.82, 2.24) is 0 Å². The van der Waals surface area contributed by atoms with Gasteiger partial charge in [0.15, 0.2) is 5.78 Å². The van der Waals surface area contributed by atoms with E-state index in [1.165, 1.54) is 0 Å². The molecule has 1 saturated heterocycles. The van der Waals surface area contributed by atoms with E-state index in [2.05, 4.69) is 5.32 Å². The Bertz CT molecular complexity index is 896. The summed E-state index contributed by atoms with van der Waals surface area (Å²) in [6, 6.07) is 11.7. The highest BCUT2D eigenvalue weighted by molar-refractivity contribution is 6.30. The fourth-order valence-electron chi connectivity index (χ4n) is 3.11. The van der Waals surface area contributed by atoms with E-state index < -0.39 is 0 Å². The third-order valence-electron chi connectivity index (χ3n) is 4.57. The number of nitrogens with one attached hydrogen (secondary N) is 1. The maximum atomic E-state index is 12.3. The first-order chi connectivity index (χ1) is 13.5. The number of hydrogen-bond donors (Lipinski definition) is 1. The molecule has 0 bridgehead atoms. The second-order valence-electron chi connectivity index (χ2n) is 6.51. The zero-order chi connectivity index (χ0) is 20.1. The fraction of sp³-hybridized carbons (Fsp3) is 0.286. The molecule has 1 N–H and O–H groups in total. The Balaban J connectivity index is 1.63. The van der Waals surface area contributed by atoms with Crippen LogP contribution < -0.4 is 15.0 Å². The maximum Gasteiger partial charge on any atom is 0.227 e. The van der Waals surface area contributed by atoms with Gasteiger partial charge < -0.3 is 15.0 Å². The highest BCUT2D eigenvalue weighted by atomic mass is 35.5. The van der Waals surface area contributed by atoms with Crippen LogP contribution >= 0.6 is 11.6 Å². The van der Waals surface area contributed by atoms with Crippen molar-refractivity contribution in [3.63, 3.8) is 0 Å². The molecule has 1 heterocycles. The number of ketones is 1. The standard InChI is InChI=1S/C21H21ClN2O4/c1-28-19-10-8-16(13-17(19)24-12-2-3-21(24)27)23-20(26)11-9-18(25)14-4-6-15(22)7-5-14/h4-8,10,13H,2-3,9,11-12H2,1H3,(H,23,26). The van der Waals surface area contributed by atoms with E-state index in [1.54, 1.807) is 54.5 Å². The monoisotopic (exact) mass is 400 g/mol. The zero-order valence-corrected chi connectivity index (χ0v) is 16.3. The van der Waals surface area contributed by atoms with E-state index in [9.17, 15) is 14.4 Å². The van der Waals surface area contributed by atoms with Crippen LogP contribution in [-0.2, 0) is 9.59 Å². The first-order valence-corrected chi connectivity index (χ1v) is 9.43. The van der Waals surface area contributed by atoms with E-state index in [-0.39, 0.29) is 30.4 Å². The van der Waals surface area contributed by atoms with Crippen molar-refractivity contribution in [2.24, 2.45) is 0 Å². The number of amides is 2. The third kappa shape index (κ3) is 4.70. The van der Waals surface area contributed by atoms with Gasteiger partial charge in [-0.1, -0.05) is 11.6 Å².